The lowest BCUT2D eigenvalue weighted by Gasteiger charge is -2.06. The average Bonchev–Trinajstić information content (AvgIpc) is 2.71. The summed E-state index contributed by atoms with van der Waals surface area (Å²) >= 11 is 1.74. The number of aryl methyl sites for hydroxylation is 2. The molecule has 0 spiro atoms. The molecule has 0 atom stereocenters. The lowest BCUT2D eigenvalue weighted by molar-refractivity contribution is 0.412. The van der Waals surface area contributed by atoms with Crippen molar-refractivity contribution in [2.24, 2.45) is 0 Å². The van der Waals surface area contributed by atoms with Crippen LogP contribution in [0.4, 0.5) is 0 Å². The zero-order valence-electron chi connectivity index (χ0n) is 11.2. The maximum Gasteiger partial charge on any atom is 0.121 e. The molecule has 0 amide bonds. The number of benzene rings is 1. The van der Waals surface area contributed by atoms with E-state index in [9.17, 15) is 0 Å². The van der Waals surface area contributed by atoms with Gasteiger partial charge in [-0.05, 0) is 50.2 Å². The summed E-state index contributed by atoms with van der Waals surface area (Å²) in [5.41, 5.74) is 3.46. The third kappa shape index (κ3) is 2.54. The van der Waals surface area contributed by atoms with Crippen molar-refractivity contribution in [1.29, 1.82) is 0 Å². The van der Waals surface area contributed by atoms with Gasteiger partial charge in [-0.1, -0.05) is 0 Å². The van der Waals surface area contributed by atoms with Crippen molar-refractivity contribution in [2.45, 2.75) is 20.4 Å². The number of aromatic nitrogens is 1. The molecule has 0 bridgehead atoms. The Morgan fingerprint density at radius 2 is 2.11 bits per heavy atom. The van der Waals surface area contributed by atoms with Crippen LogP contribution in [0.5, 0.6) is 5.75 Å². The maximum atomic E-state index is 5.29. The minimum Gasteiger partial charge on any atom is -0.496 e. The summed E-state index contributed by atoms with van der Waals surface area (Å²) in [6, 6.07) is 6.26. The molecule has 2 rings (SSSR count). The van der Waals surface area contributed by atoms with Crippen molar-refractivity contribution >= 4 is 11.3 Å². The summed E-state index contributed by atoms with van der Waals surface area (Å²) in [6.07, 6.45) is 0. The summed E-state index contributed by atoms with van der Waals surface area (Å²) < 4.78 is 5.29. The number of nitrogens with zero attached hydrogens (tertiary/aromatic N) is 1. The summed E-state index contributed by atoms with van der Waals surface area (Å²) in [4.78, 5) is 5.82. The zero-order chi connectivity index (χ0) is 13.1. The molecule has 96 valence electrons. The molecule has 18 heavy (non-hydrogen) atoms. The van der Waals surface area contributed by atoms with Gasteiger partial charge in [0, 0.05) is 6.54 Å². The van der Waals surface area contributed by atoms with E-state index in [2.05, 4.69) is 36.3 Å². The molecular formula is C14H18N2OS. The van der Waals surface area contributed by atoms with Gasteiger partial charge in [0.15, 0.2) is 0 Å². The minimum atomic E-state index is 0.820. The van der Waals surface area contributed by atoms with Gasteiger partial charge in [0.05, 0.1) is 17.7 Å². The Balaban J connectivity index is 2.39. The number of ether oxygens (including phenoxy) is 1. The average molecular weight is 262 g/mol. The van der Waals surface area contributed by atoms with E-state index in [-0.39, 0.29) is 0 Å². The van der Waals surface area contributed by atoms with Gasteiger partial charge in [0.1, 0.15) is 10.8 Å². The van der Waals surface area contributed by atoms with Crippen LogP contribution < -0.4 is 10.1 Å². The van der Waals surface area contributed by atoms with Crippen LogP contribution in [0.1, 0.15) is 16.3 Å². The first kappa shape index (κ1) is 13.1. The predicted molar refractivity (Wildman–Crippen MR) is 76.3 cm³/mol. The van der Waals surface area contributed by atoms with Crippen LogP contribution >= 0.6 is 11.3 Å². The van der Waals surface area contributed by atoms with Gasteiger partial charge in [0.25, 0.3) is 0 Å². The second-order valence-electron chi connectivity index (χ2n) is 4.24. The lowest BCUT2D eigenvalue weighted by atomic mass is 10.1. The Kier molecular flexibility index (Phi) is 3.99. The van der Waals surface area contributed by atoms with Crippen LogP contribution in [-0.4, -0.2) is 19.1 Å². The van der Waals surface area contributed by atoms with E-state index < -0.39 is 0 Å². The van der Waals surface area contributed by atoms with Crippen molar-refractivity contribution in [1.82, 2.24) is 10.3 Å². The normalized spacial score (nSPS) is 10.7. The molecule has 1 aromatic heterocycles. The number of thiazole rings is 1. The molecule has 0 aliphatic rings. The van der Waals surface area contributed by atoms with Crippen LogP contribution in [0.25, 0.3) is 10.4 Å². The van der Waals surface area contributed by atoms with E-state index in [0.29, 0.717) is 0 Å². The zero-order valence-corrected chi connectivity index (χ0v) is 12.0. The van der Waals surface area contributed by atoms with Gasteiger partial charge >= 0.3 is 0 Å². The van der Waals surface area contributed by atoms with Crippen molar-refractivity contribution in [3.05, 3.63) is 34.5 Å². The molecule has 0 saturated heterocycles. The molecule has 1 aromatic carbocycles. The van der Waals surface area contributed by atoms with Crippen molar-refractivity contribution < 1.29 is 4.74 Å². The standard InChI is InChI=1S/C14H18N2OS/c1-9-7-11(5-6-12(9)17-4)14-10(2)16-13(18-14)8-15-3/h5-7,15H,8H2,1-4H3. The highest BCUT2D eigenvalue weighted by atomic mass is 32.1. The molecule has 0 aliphatic heterocycles. The van der Waals surface area contributed by atoms with E-state index in [1.54, 1.807) is 18.4 Å². The number of hydrogen-bond acceptors (Lipinski definition) is 4. The van der Waals surface area contributed by atoms with Gasteiger partial charge < -0.3 is 10.1 Å². The van der Waals surface area contributed by atoms with Gasteiger partial charge in [-0.2, -0.15) is 0 Å². The molecule has 0 unspecified atom stereocenters. The van der Waals surface area contributed by atoms with Gasteiger partial charge in [0.2, 0.25) is 0 Å². The predicted octanol–water partition coefficient (Wildman–Crippen LogP) is 3.15. The van der Waals surface area contributed by atoms with E-state index in [1.807, 2.05) is 13.1 Å². The molecule has 1 heterocycles. The Bertz CT molecular complexity index is 549. The van der Waals surface area contributed by atoms with Crippen LogP contribution in [0, 0.1) is 13.8 Å². The Morgan fingerprint density at radius 1 is 1.33 bits per heavy atom. The number of nitrogens with one attached hydrogen (secondary N) is 1. The SMILES string of the molecule is CNCc1nc(C)c(-c2ccc(OC)c(C)c2)s1. The van der Waals surface area contributed by atoms with Gasteiger partial charge in [-0.15, -0.1) is 11.3 Å². The quantitative estimate of drug-likeness (QED) is 0.919. The Morgan fingerprint density at radius 3 is 2.72 bits per heavy atom. The van der Waals surface area contributed by atoms with Crippen molar-refractivity contribution in [3.8, 4) is 16.2 Å². The summed E-state index contributed by atoms with van der Waals surface area (Å²) in [7, 11) is 3.64. The molecule has 3 nitrogen and oxygen atoms in total. The van der Waals surface area contributed by atoms with Crippen LogP contribution in [0.3, 0.4) is 0 Å². The molecule has 0 aliphatic carbocycles. The van der Waals surface area contributed by atoms with E-state index in [4.69, 9.17) is 4.74 Å². The second-order valence-corrected chi connectivity index (χ2v) is 5.32. The van der Waals surface area contributed by atoms with E-state index >= 15 is 0 Å². The highest BCUT2D eigenvalue weighted by Gasteiger charge is 2.10. The first-order valence-electron chi connectivity index (χ1n) is 5.91. The molecule has 2 aromatic rings. The molecule has 1 N–H and O–H groups in total. The summed E-state index contributed by atoms with van der Waals surface area (Å²) in [5.74, 6) is 0.927. The third-order valence-corrected chi connectivity index (χ3v) is 4.03. The molecule has 0 fully saturated rings. The minimum absolute atomic E-state index is 0.820. The molecule has 4 heteroatoms. The summed E-state index contributed by atoms with van der Waals surface area (Å²) in [5, 5.41) is 4.26. The van der Waals surface area contributed by atoms with E-state index in [0.717, 1.165) is 28.6 Å². The fraction of sp³-hybridized carbons (Fsp3) is 0.357. The second kappa shape index (κ2) is 5.50. The van der Waals surface area contributed by atoms with Crippen LogP contribution in [0.2, 0.25) is 0 Å². The van der Waals surface area contributed by atoms with Gasteiger partial charge in [-0.3, -0.25) is 0 Å². The van der Waals surface area contributed by atoms with Crippen LogP contribution in [-0.2, 0) is 6.54 Å². The lowest BCUT2D eigenvalue weighted by Crippen LogP contribution is -2.04. The number of methoxy groups -OCH3 is 1. The smallest absolute Gasteiger partial charge is 0.121 e. The number of hydrogen-bond donors (Lipinski definition) is 1. The Hall–Kier alpha value is -1.39. The third-order valence-electron chi connectivity index (χ3n) is 2.83. The fourth-order valence-electron chi connectivity index (χ4n) is 1.97. The molecule has 0 radical (unpaired) electrons. The maximum absolute atomic E-state index is 5.29. The summed E-state index contributed by atoms with van der Waals surface area (Å²) in [6.45, 7) is 4.94. The first-order chi connectivity index (χ1) is 8.65. The number of rotatable bonds is 4. The van der Waals surface area contributed by atoms with Crippen molar-refractivity contribution in [2.75, 3.05) is 14.2 Å². The topological polar surface area (TPSA) is 34.2 Å². The highest BCUT2D eigenvalue weighted by molar-refractivity contribution is 7.15. The monoisotopic (exact) mass is 262 g/mol. The first-order valence-corrected chi connectivity index (χ1v) is 6.73. The van der Waals surface area contributed by atoms with Crippen molar-refractivity contribution in [3.63, 3.8) is 0 Å². The van der Waals surface area contributed by atoms with Crippen LogP contribution in [0.15, 0.2) is 18.2 Å². The largest absolute Gasteiger partial charge is 0.496 e. The Labute approximate surface area is 112 Å². The van der Waals surface area contributed by atoms with Gasteiger partial charge in [-0.25, -0.2) is 4.98 Å². The molecular weight excluding hydrogens is 244 g/mol. The fourth-order valence-corrected chi connectivity index (χ4v) is 3.04. The molecule has 0 saturated carbocycles. The highest BCUT2D eigenvalue weighted by Crippen LogP contribution is 2.32. The van der Waals surface area contributed by atoms with E-state index in [1.165, 1.54) is 10.4 Å².